The molecule has 0 radical (unpaired) electrons. The van der Waals surface area contributed by atoms with E-state index in [1.54, 1.807) is 0 Å². The minimum Gasteiger partial charge on any atom is -0.309 e. The molecule has 0 spiro atoms. The van der Waals surface area contributed by atoms with E-state index in [4.69, 9.17) is 15.0 Å². The first-order valence-corrected chi connectivity index (χ1v) is 20.9. The monoisotopic (exact) mass is 778 g/mol. The van der Waals surface area contributed by atoms with Crippen LogP contribution in [0.4, 0.5) is 0 Å². The van der Waals surface area contributed by atoms with Crippen molar-refractivity contribution in [2.45, 2.75) is 13.3 Å². The van der Waals surface area contributed by atoms with Gasteiger partial charge in [0, 0.05) is 33.2 Å². The molecule has 0 aliphatic heterocycles. The number of nitrogens with zero attached hydrogens (tertiary/aromatic N) is 4. The average molecular weight is 779 g/mol. The van der Waals surface area contributed by atoms with E-state index in [9.17, 15) is 0 Å². The van der Waals surface area contributed by atoms with Crippen LogP contribution < -0.4 is 0 Å². The molecule has 1 aliphatic rings. The third kappa shape index (κ3) is 5.87. The van der Waals surface area contributed by atoms with Gasteiger partial charge in [-0.15, -0.1) is 0 Å². The lowest BCUT2D eigenvalue weighted by Gasteiger charge is -2.22. The molecule has 1 aliphatic carbocycles. The molecule has 0 saturated carbocycles. The topological polar surface area (TPSA) is 43.6 Å². The Hall–Kier alpha value is -7.95. The summed E-state index contributed by atoms with van der Waals surface area (Å²) < 4.78 is 2.46. The van der Waals surface area contributed by atoms with Crippen LogP contribution in [-0.4, -0.2) is 19.5 Å². The van der Waals surface area contributed by atoms with Crippen LogP contribution in [0.3, 0.4) is 0 Å². The van der Waals surface area contributed by atoms with Crippen LogP contribution in [0.25, 0.3) is 106 Å². The number of benzene rings is 9. The van der Waals surface area contributed by atoms with Crippen molar-refractivity contribution in [2.24, 2.45) is 0 Å². The van der Waals surface area contributed by atoms with Gasteiger partial charge in [-0.1, -0.05) is 164 Å². The SMILES string of the molecule is Cc1c2cccc1-c1cc3c4cc5ccccc5cc4n(-c4ccc(-c5ccccc5)c(-c5nc(-c6ccccc6)nc(-c6ccccc6)n5)c4)c3cc1Cc1ccccc1-2. The highest BCUT2D eigenvalue weighted by molar-refractivity contribution is 6.15. The molecule has 9 aromatic carbocycles. The molecule has 2 heterocycles. The molecule has 2 aromatic heterocycles. The van der Waals surface area contributed by atoms with Gasteiger partial charge >= 0.3 is 0 Å². The van der Waals surface area contributed by atoms with Gasteiger partial charge in [0.1, 0.15) is 0 Å². The highest BCUT2D eigenvalue weighted by atomic mass is 15.0. The van der Waals surface area contributed by atoms with E-state index >= 15 is 0 Å². The lowest BCUT2D eigenvalue weighted by molar-refractivity contribution is 1.07. The van der Waals surface area contributed by atoms with Crippen molar-refractivity contribution in [3.05, 3.63) is 217 Å². The third-order valence-corrected chi connectivity index (χ3v) is 12.5. The van der Waals surface area contributed by atoms with Gasteiger partial charge in [-0.25, -0.2) is 15.0 Å². The summed E-state index contributed by atoms with van der Waals surface area (Å²) in [5.41, 5.74) is 17.5. The molecule has 4 heteroatoms. The van der Waals surface area contributed by atoms with E-state index in [0.29, 0.717) is 17.5 Å². The molecular weight excluding hydrogens is 741 g/mol. The van der Waals surface area contributed by atoms with E-state index in [-0.39, 0.29) is 0 Å². The molecule has 0 fully saturated rings. The Bertz CT molecular complexity index is 3440. The average Bonchev–Trinajstić information content (AvgIpc) is 3.63. The summed E-state index contributed by atoms with van der Waals surface area (Å²) in [4.78, 5) is 15.6. The van der Waals surface area contributed by atoms with Crippen LogP contribution in [0.2, 0.25) is 0 Å². The van der Waals surface area contributed by atoms with E-state index in [1.165, 1.54) is 66.0 Å². The summed E-state index contributed by atoms with van der Waals surface area (Å²) in [6, 6.07) is 71.8. The van der Waals surface area contributed by atoms with Gasteiger partial charge in [0.05, 0.1) is 11.0 Å². The highest BCUT2D eigenvalue weighted by Crippen LogP contribution is 2.44. The Morgan fingerprint density at radius 3 is 1.61 bits per heavy atom. The number of rotatable bonds is 5. The van der Waals surface area contributed by atoms with Crippen LogP contribution in [-0.2, 0) is 6.42 Å². The van der Waals surface area contributed by atoms with Crippen molar-refractivity contribution >= 4 is 32.6 Å². The maximum absolute atomic E-state index is 5.26. The first-order chi connectivity index (χ1) is 30.1. The molecule has 0 saturated heterocycles. The summed E-state index contributed by atoms with van der Waals surface area (Å²) >= 11 is 0. The quantitative estimate of drug-likeness (QED) is 0.175. The van der Waals surface area contributed by atoms with Gasteiger partial charge in [-0.3, -0.25) is 0 Å². The predicted molar refractivity (Wildman–Crippen MR) is 252 cm³/mol. The summed E-state index contributed by atoms with van der Waals surface area (Å²) in [5.74, 6) is 1.89. The number of hydrogen-bond donors (Lipinski definition) is 0. The predicted octanol–water partition coefficient (Wildman–Crippen LogP) is 14.3. The Kier molecular flexibility index (Phi) is 8.10. The van der Waals surface area contributed by atoms with E-state index in [0.717, 1.165) is 45.4 Å². The van der Waals surface area contributed by atoms with E-state index in [1.807, 2.05) is 36.4 Å². The van der Waals surface area contributed by atoms with Gasteiger partial charge < -0.3 is 4.57 Å². The molecule has 0 atom stereocenters. The summed E-state index contributed by atoms with van der Waals surface area (Å²) in [6.45, 7) is 2.28. The van der Waals surface area contributed by atoms with Crippen LogP contribution >= 0.6 is 0 Å². The Morgan fingerprint density at radius 2 is 0.902 bits per heavy atom. The highest BCUT2D eigenvalue weighted by Gasteiger charge is 2.24. The molecule has 286 valence electrons. The molecule has 2 bridgehead atoms. The minimum absolute atomic E-state index is 0.622. The Morgan fingerprint density at radius 1 is 0.361 bits per heavy atom. The first-order valence-electron chi connectivity index (χ1n) is 20.9. The smallest absolute Gasteiger partial charge is 0.164 e. The van der Waals surface area contributed by atoms with Crippen molar-refractivity contribution in [2.75, 3.05) is 0 Å². The normalized spacial score (nSPS) is 12.0. The molecule has 12 rings (SSSR count). The second-order valence-electron chi connectivity index (χ2n) is 16.0. The van der Waals surface area contributed by atoms with Crippen molar-refractivity contribution < 1.29 is 0 Å². The summed E-state index contributed by atoms with van der Waals surface area (Å²) in [5, 5.41) is 4.87. The molecule has 61 heavy (non-hydrogen) atoms. The largest absolute Gasteiger partial charge is 0.309 e. The third-order valence-electron chi connectivity index (χ3n) is 12.5. The van der Waals surface area contributed by atoms with Gasteiger partial charge in [0.25, 0.3) is 0 Å². The number of fused-ring (bicyclic) bond motifs is 10. The summed E-state index contributed by atoms with van der Waals surface area (Å²) in [6.07, 6.45) is 0.834. The van der Waals surface area contributed by atoms with E-state index < -0.39 is 0 Å². The Labute approximate surface area is 354 Å². The van der Waals surface area contributed by atoms with Crippen molar-refractivity contribution in [1.29, 1.82) is 0 Å². The zero-order chi connectivity index (χ0) is 40.4. The standard InChI is InChI=1S/C57H38N4/c1-36-45-26-15-27-46(36)49-35-51-50-31-40-22-11-12-23-41(40)32-53(50)61(54(51)33-43(49)30-42-24-13-14-25-47(42)45)44-28-29-48(37-16-5-2-6-17-37)52(34-44)57-59-55(38-18-7-3-8-19-38)58-56(60-57)39-20-9-4-10-21-39/h2-29,31-35H,30H2,1H3. The molecule has 0 amide bonds. The van der Waals surface area contributed by atoms with E-state index in [2.05, 4.69) is 175 Å². The molecule has 0 N–H and O–H groups in total. The minimum atomic E-state index is 0.622. The molecule has 0 unspecified atom stereocenters. The van der Waals surface area contributed by atoms with Gasteiger partial charge in [0.2, 0.25) is 0 Å². The lowest BCUT2D eigenvalue weighted by Crippen LogP contribution is -2.03. The van der Waals surface area contributed by atoms with Crippen LogP contribution in [0, 0.1) is 6.92 Å². The fraction of sp³-hybridized carbons (Fsp3) is 0.0351. The van der Waals surface area contributed by atoms with Crippen LogP contribution in [0.5, 0.6) is 0 Å². The zero-order valence-electron chi connectivity index (χ0n) is 33.5. The molecule has 11 aromatic rings. The fourth-order valence-corrected chi connectivity index (χ4v) is 9.48. The zero-order valence-corrected chi connectivity index (χ0v) is 33.5. The van der Waals surface area contributed by atoms with Gasteiger partial charge in [-0.05, 0) is 111 Å². The second kappa shape index (κ2) is 14.1. The first kappa shape index (κ1) is 35.0. The lowest BCUT2D eigenvalue weighted by atomic mass is 9.82. The van der Waals surface area contributed by atoms with Crippen molar-refractivity contribution in [1.82, 2.24) is 19.5 Å². The van der Waals surface area contributed by atoms with Crippen molar-refractivity contribution in [3.63, 3.8) is 0 Å². The van der Waals surface area contributed by atoms with Crippen molar-refractivity contribution in [3.8, 4) is 73.2 Å². The second-order valence-corrected chi connectivity index (χ2v) is 16.0. The fourth-order valence-electron chi connectivity index (χ4n) is 9.48. The Balaban J connectivity index is 1.16. The maximum atomic E-state index is 5.26. The van der Waals surface area contributed by atoms with Crippen LogP contribution in [0.1, 0.15) is 16.7 Å². The van der Waals surface area contributed by atoms with Crippen LogP contribution in [0.15, 0.2) is 200 Å². The maximum Gasteiger partial charge on any atom is 0.164 e. The molecule has 4 nitrogen and oxygen atoms in total. The van der Waals surface area contributed by atoms with Gasteiger partial charge in [0.15, 0.2) is 17.5 Å². The molecular formula is C57H38N4. The summed E-state index contributed by atoms with van der Waals surface area (Å²) in [7, 11) is 0. The number of aromatic nitrogens is 4. The van der Waals surface area contributed by atoms with Gasteiger partial charge in [-0.2, -0.15) is 0 Å². The number of hydrogen-bond acceptors (Lipinski definition) is 3.